The summed E-state index contributed by atoms with van der Waals surface area (Å²) < 4.78 is 0. The van der Waals surface area contributed by atoms with E-state index in [9.17, 15) is 0 Å². The Kier molecular flexibility index (Phi) is 37.8. The van der Waals surface area contributed by atoms with Gasteiger partial charge in [0.25, 0.3) is 0 Å². The highest BCUT2D eigenvalue weighted by Crippen LogP contribution is 2.53. The highest BCUT2D eigenvalue weighted by Gasteiger charge is 2.46. The summed E-state index contributed by atoms with van der Waals surface area (Å²) in [7, 11) is 0. The van der Waals surface area contributed by atoms with E-state index in [0.29, 0.717) is 16.2 Å². The summed E-state index contributed by atoms with van der Waals surface area (Å²) in [6.45, 7) is 30.5. The smallest absolute Gasteiger partial charge is 0.00202 e. The van der Waals surface area contributed by atoms with Crippen molar-refractivity contribution in [3.05, 3.63) is 106 Å². The van der Waals surface area contributed by atoms with E-state index >= 15 is 0 Å². The fourth-order valence-corrected chi connectivity index (χ4v) is 31.0. The number of hydrogen-bond acceptors (Lipinski definition) is 12. The van der Waals surface area contributed by atoms with Gasteiger partial charge in [-0.25, -0.2) is 0 Å². The van der Waals surface area contributed by atoms with Crippen LogP contribution in [-0.2, 0) is 36.5 Å². The maximum atomic E-state index is 3.55. The molecule has 726 valence electrons. The first-order chi connectivity index (χ1) is 63.4. The lowest BCUT2D eigenvalue weighted by Gasteiger charge is -2.45. The number of benzene rings is 3. The van der Waals surface area contributed by atoms with E-state index in [1.165, 1.54) is 562 Å². The van der Waals surface area contributed by atoms with Crippen molar-refractivity contribution in [3.63, 3.8) is 0 Å². The second kappa shape index (κ2) is 49.1. The average molecular weight is 1770 g/mol. The number of aryl methyl sites for hydroxylation is 3. The molecule has 12 heterocycles. The Morgan fingerprint density at radius 1 is 0.140 bits per heavy atom. The SMILES string of the molecule is C1CC2(C1)CCNC2.C1CC2(C1)CCNCC2.C1CCC2(C1)CCCNC2.C1CCC2(C1)CCNC2.C1CCC2(C1)CCNCC2.C1CCC2(C1)CNC2.C1CCC2(CC1)CCCNC2.C1CCC2(CC1)CCNCC2.C1CNCC2(C1)CCC2.c1ccc2c(c1)CCC1(CCNCC1)C2.c1ccc2c(c1)CCC21CCNCC1.c1ccc2c(c1)CCCC21CCNCC1. The van der Waals surface area contributed by atoms with Crippen molar-refractivity contribution in [1.82, 2.24) is 63.8 Å². The average Bonchev–Trinajstić information content (AvgIpc) is 1.55. The number of rotatable bonds is 0. The van der Waals surface area contributed by atoms with Crippen LogP contribution in [0.15, 0.2) is 72.8 Å². The van der Waals surface area contributed by atoms with Crippen molar-refractivity contribution < 1.29 is 0 Å². The normalized spacial score (nSPS) is 28.9. The third-order valence-corrected chi connectivity index (χ3v) is 40.6. The Labute approximate surface area is 791 Å². The molecule has 27 rings (SSSR count). The summed E-state index contributed by atoms with van der Waals surface area (Å²) >= 11 is 0. The molecule has 0 atom stereocenters. The van der Waals surface area contributed by atoms with Crippen LogP contribution >= 0.6 is 0 Å². The van der Waals surface area contributed by atoms with Gasteiger partial charge < -0.3 is 63.8 Å². The molecule has 9 saturated carbocycles. The molecular weight excluding hydrogens is 1570 g/mol. The highest BCUT2D eigenvalue weighted by molar-refractivity contribution is 5.40. The van der Waals surface area contributed by atoms with E-state index in [4.69, 9.17) is 0 Å². The van der Waals surface area contributed by atoms with E-state index in [0.717, 1.165) is 48.7 Å². The van der Waals surface area contributed by atoms with Crippen LogP contribution < -0.4 is 63.8 Å². The van der Waals surface area contributed by atoms with Crippen LogP contribution in [0.5, 0.6) is 0 Å². The van der Waals surface area contributed by atoms with E-state index < -0.39 is 0 Å². The monoisotopic (exact) mass is 1770 g/mol. The van der Waals surface area contributed by atoms with Gasteiger partial charge in [0.2, 0.25) is 0 Å². The number of piperidine rings is 9. The van der Waals surface area contributed by atoms with Crippen LogP contribution in [0.1, 0.15) is 412 Å². The van der Waals surface area contributed by atoms with Crippen LogP contribution in [0.4, 0.5) is 0 Å². The van der Waals surface area contributed by atoms with Gasteiger partial charge in [0.05, 0.1) is 0 Å². The number of fused-ring (bicyclic) bond motifs is 5. The summed E-state index contributed by atoms with van der Waals surface area (Å²) in [6, 6.07) is 27.2. The quantitative estimate of drug-likeness (QED) is 0.104. The van der Waals surface area contributed by atoms with Crippen molar-refractivity contribution in [1.29, 1.82) is 0 Å². The minimum atomic E-state index is 0.528. The van der Waals surface area contributed by atoms with Gasteiger partial charge in [-0.3, -0.25) is 0 Å². The summed E-state index contributed by atoms with van der Waals surface area (Å²) in [6.07, 6.45) is 91.8. The van der Waals surface area contributed by atoms with Crippen molar-refractivity contribution in [2.45, 2.75) is 415 Å². The van der Waals surface area contributed by atoms with E-state index in [2.05, 4.69) is 137 Å². The molecule has 0 bridgehead atoms. The molecule has 12 aliphatic carbocycles. The van der Waals surface area contributed by atoms with Gasteiger partial charge in [-0.15, -0.1) is 0 Å². The molecule has 3 aromatic carbocycles. The molecule has 24 aliphatic rings. The molecule has 0 amide bonds. The molecule has 21 fully saturated rings. The topological polar surface area (TPSA) is 144 Å². The Balaban J connectivity index is 0.000000104. The largest absolute Gasteiger partial charge is 0.317 e. The first-order valence-corrected chi connectivity index (χ1v) is 57.1. The summed E-state index contributed by atoms with van der Waals surface area (Å²) in [5, 5.41) is 41.5. The lowest BCUT2D eigenvalue weighted by molar-refractivity contribution is 0.0864. The van der Waals surface area contributed by atoms with Gasteiger partial charge in [-0.05, 0) is 505 Å². The van der Waals surface area contributed by atoms with Gasteiger partial charge in [-0.1, -0.05) is 182 Å². The van der Waals surface area contributed by atoms with Gasteiger partial charge in [0, 0.05) is 45.8 Å². The van der Waals surface area contributed by atoms with E-state index in [-0.39, 0.29) is 0 Å². The molecule has 12 heteroatoms. The fraction of sp³-hybridized carbons (Fsp3) is 0.846. The van der Waals surface area contributed by atoms with Crippen molar-refractivity contribution in [2.24, 2.45) is 54.1 Å². The molecule has 12 aliphatic heterocycles. The van der Waals surface area contributed by atoms with Crippen molar-refractivity contribution in [2.75, 3.05) is 157 Å². The minimum absolute atomic E-state index is 0.528. The molecule has 0 aromatic heterocycles. The van der Waals surface area contributed by atoms with Crippen molar-refractivity contribution in [3.8, 4) is 0 Å². The van der Waals surface area contributed by atoms with Crippen LogP contribution in [0.25, 0.3) is 0 Å². The Morgan fingerprint density at radius 2 is 0.388 bits per heavy atom. The fourth-order valence-electron chi connectivity index (χ4n) is 31.0. The Bertz CT molecular complexity index is 3400. The lowest BCUT2D eigenvalue weighted by atomic mass is 9.63. The Hall–Kier alpha value is -2.82. The zero-order valence-electron chi connectivity index (χ0n) is 83.4. The molecule has 12 nitrogen and oxygen atoms in total. The lowest BCUT2D eigenvalue weighted by Crippen LogP contribution is -2.51. The third kappa shape index (κ3) is 27.6. The van der Waals surface area contributed by atoms with Crippen molar-refractivity contribution >= 4 is 0 Å². The molecule has 3 aromatic rings. The molecule has 0 unspecified atom stereocenters. The van der Waals surface area contributed by atoms with Crippen LogP contribution in [0.2, 0.25) is 0 Å². The van der Waals surface area contributed by atoms with Crippen LogP contribution in [0.3, 0.4) is 0 Å². The van der Waals surface area contributed by atoms with Gasteiger partial charge in [0.1, 0.15) is 0 Å². The standard InChI is InChI=1S/2C14H19N.C13H17N.2C10H19N.2C9H17N.3C8H15N.2C7H13N/c1-2-6-13-12(4-1)5-3-7-14(13)8-10-15-11-9-14;1-2-4-13-11-14(6-5-12(13)3-1)7-9-15-10-8-14;1-2-4-12-11(3-1)5-6-13(12)7-9-14-10-8-13;1-2-5-10(6-3-1)7-4-8-11-9-10;1-2-4-10(5-3-1)6-8-11-9-7-10;1-2-5-9(4-1)6-3-7-10-8-9;1-2-4-9(3-1)5-7-10-8-6-9;1-3-8(4-1)5-2-6-9-7-8;1-2-8(3-1)4-6-9-7-5-8;1-2-4-8(3-1)5-6-9-7-8;1-2-7(3-1)4-5-8-6-7;1-2-4-7(3-1)5-8-6-7/h1-2,4,6,15H,3,5,7-11H2;1-4,15H,5-11H2;1-4,14H,5-10H2;2*11H,1-9H2;2*10H,1-8H2;3*9H,1-7H2;2*8H,1-6H2. The zero-order valence-corrected chi connectivity index (χ0v) is 83.4. The molecule has 12 N–H and O–H groups in total. The van der Waals surface area contributed by atoms with Gasteiger partial charge in [-0.2, -0.15) is 0 Å². The molecule has 12 spiro atoms. The predicted octanol–water partition coefficient (Wildman–Crippen LogP) is 22.9. The van der Waals surface area contributed by atoms with Gasteiger partial charge in [0.15, 0.2) is 0 Å². The second-order valence-electron chi connectivity index (χ2n) is 49.0. The molecular formula is C117H198N12. The third-order valence-electron chi connectivity index (χ3n) is 40.6. The summed E-state index contributed by atoms with van der Waals surface area (Å²) in [5.74, 6) is 0. The second-order valence-corrected chi connectivity index (χ2v) is 49.0. The Morgan fingerprint density at radius 3 is 0.705 bits per heavy atom. The summed E-state index contributed by atoms with van der Waals surface area (Å²) in [4.78, 5) is 0. The highest BCUT2D eigenvalue weighted by atomic mass is 15.0. The maximum Gasteiger partial charge on any atom is 0.00202 e. The van der Waals surface area contributed by atoms with Crippen LogP contribution in [-0.4, -0.2) is 157 Å². The molecule has 0 radical (unpaired) electrons. The van der Waals surface area contributed by atoms with E-state index in [1.807, 2.05) is 0 Å². The number of nitrogens with one attached hydrogen (secondary N) is 12. The zero-order chi connectivity index (χ0) is 88.0. The van der Waals surface area contributed by atoms with Crippen LogP contribution in [0, 0.1) is 54.1 Å². The van der Waals surface area contributed by atoms with Gasteiger partial charge >= 0.3 is 0 Å². The first-order valence-electron chi connectivity index (χ1n) is 57.1. The van der Waals surface area contributed by atoms with E-state index in [1.54, 1.807) is 33.4 Å². The predicted molar refractivity (Wildman–Crippen MR) is 549 cm³/mol. The molecule has 12 saturated heterocycles. The number of hydrogen-bond donors (Lipinski definition) is 12. The minimum Gasteiger partial charge on any atom is -0.317 e. The first kappa shape index (κ1) is 99.2. The maximum absolute atomic E-state index is 3.55. The summed E-state index contributed by atoms with van der Waals surface area (Å²) in [5.41, 5.74) is 18.6. The molecule has 129 heavy (non-hydrogen) atoms.